The number of aliphatic carboxylic acids is 1. The van der Waals surface area contributed by atoms with Crippen LogP contribution in [0.25, 0.3) is 0 Å². The summed E-state index contributed by atoms with van der Waals surface area (Å²) in [5.74, 6) is -1.42. The Hall–Kier alpha value is -1.93. The first-order chi connectivity index (χ1) is 12.8. The van der Waals surface area contributed by atoms with Gasteiger partial charge in [-0.2, -0.15) is 4.31 Å². The Morgan fingerprint density at radius 1 is 1.11 bits per heavy atom. The van der Waals surface area contributed by atoms with Gasteiger partial charge in [0, 0.05) is 24.7 Å². The maximum atomic E-state index is 12.7. The zero-order valence-electron chi connectivity index (χ0n) is 15.5. The van der Waals surface area contributed by atoms with E-state index in [-0.39, 0.29) is 22.8 Å². The molecule has 2 fully saturated rings. The Labute approximate surface area is 159 Å². The third-order valence-corrected chi connectivity index (χ3v) is 7.46. The molecule has 2 N–H and O–H groups in total. The van der Waals surface area contributed by atoms with E-state index in [0.29, 0.717) is 49.9 Å². The number of aryl methyl sites for hydroxylation is 1. The van der Waals surface area contributed by atoms with Crippen LogP contribution in [0.3, 0.4) is 0 Å². The van der Waals surface area contributed by atoms with E-state index in [1.807, 2.05) is 0 Å². The number of amides is 1. The minimum absolute atomic E-state index is 0.0775. The van der Waals surface area contributed by atoms with Crippen LogP contribution in [0.1, 0.15) is 54.4 Å². The Bertz CT molecular complexity index is 823. The van der Waals surface area contributed by atoms with Gasteiger partial charge in [-0.3, -0.25) is 9.59 Å². The average Bonchev–Trinajstić information content (AvgIpc) is 3.18. The van der Waals surface area contributed by atoms with E-state index in [9.17, 15) is 18.0 Å². The molecule has 0 bridgehead atoms. The van der Waals surface area contributed by atoms with Crippen molar-refractivity contribution in [3.8, 4) is 0 Å². The van der Waals surface area contributed by atoms with Gasteiger partial charge in [-0.25, -0.2) is 8.42 Å². The molecule has 1 aromatic carbocycles. The predicted octanol–water partition coefficient (Wildman–Crippen LogP) is 2.15. The second kappa shape index (κ2) is 7.98. The van der Waals surface area contributed by atoms with Crippen LogP contribution < -0.4 is 5.32 Å². The van der Waals surface area contributed by atoms with Crippen LogP contribution in [-0.2, 0) is 14.8 Å². The first-order valence-electron chi connectivity index (χ1n) is 9.43. The maximum absolute atomic E-state index is 12.7. The number of nitrogens with one attached hydrogen (secondary N) is 1. The summed E-state index contributed by atoms with van der Waals surface area (Å²) >= 11 is 0. The number of carbonyl (C=O) groups is 2. The fourth-order valence-electron chi connectivity index (χ4n) is 3.83. The molecule has 1 saturated heterocycles. The second-order valence-electron chi connectivity index (χ2n) is 7.45. The molecule has 27 heavy (non-hydrogen) atoms. The first-order valence-corrected chi connectivity index (χ1v) is 10.9. The topological polar surface area (TPSA) is 104 Å². The molecule has 0 spiro atoms. The number of carboxylic acid groups (broad SMARTS) is 1. The number of carboxylic acids is 1. The third kappa shape index (κ3) is 4.32. The summed E-state index contributed by atoms with van der Waals surface area (Å²) in [4.78, 5) is 23.9. The Morgan fingerprint density at radius 3 is 2.33 bits per heavy atom. The van der Waals surface area contributed by atoms with E-state index in [4.69, 9.17) is 5.11 Å². The van der Waals surface area contributed by atoms with Gasteiger partial charge in [0.1, 0.15) is 0 Å². The van der Waals surface area contributed by atoms with Gasteiger partial charge in [-0.1, -0.05) is 6.07 Å². The number of sulfonamides is 1. The number of hydrogen-bond donors (Lipinski definition) is 2. The predicted molar refractivity (Wildman–Crippen MR) is 100 cm³/mol. The molecule has 1 amide bonds. The number of rotatable bonds is 5. The molecule has 148 valence electrons. The van der Waals surface area contributed by atoms with Crippen molar-refractivity contribution >= 4 is 21.9 Å². The Balaban J connectivity index is 1.72. The molecule has 8 heteroatoms. The zero-order chi connectivity index (χ0) is 19.6. The normalized spacial score (nSPS) is 23.9. The molecule has 0 aromatic heterocycles. The van der Waals surface area contributed by atoms with Crippen molar-refractivity contribution in [3.05, 3.63) is 29.3 Å². The molecule has 7 nitrogen and oxygen atoms in total. The molecular weight excluding hydrogens is 368 g/mol. The van der Waals surface area contributed by atoms with Crippen molar-refractivity contribution in [1.29, 1.82) is 0 Å². The van der Waals surface area contributed by atoms with Crippen LogP contribution in [0.15, 0.2) is 23.1 Å². The monoisotopic (exact) mass is 394 g/mol. The summed E-state index contributed by atoms with van der Waals surface area (Å²) in [5.41, 5.74) is 1.07. The summed E-state index contributed by atoms with van der Waals surface area (Å²) in [7, 11) is -3.57. The molecule has 3 rings (SSSR count). The first kappa shape index (κ1) is 19.8. The van der Waals surface area contributed by atoms with Crippen molar-refractivity contribution in [3.63, 3.8) is 0 Å². The van der Waals surface area contributed by atoms with E-state index < -0.39 is 16.0 Å². The Kier molecular flexibility index (Phi) is 5.86. The fraction of sp³-hybridized carbons (Fsp3) is 0.579. The second-order valence-corrected chi connectivity index (χ2v) is 9.39. The average molecular weight is 394 g/mol. The maximum Gasteiger partial charge on any atom is 0.306 e. The van der Waals surface area contributed by atoms with Crippen LogP contribution in [0.5, 0.6) is 0 Å². The van der Waals surface area contributed by atoms with Gasteiger partial charge >= 0.3 is 5.97 Å². The van der Waals surface area contributed by atoms with Gasteiger partial charge in [-0.05, 0) is 63.1 Å². The van der Waals surface area contributed by atoms with Gasteiger partial charge in [-0.15, -0.1) is 0 Å². The quantitative estimate of drug-likeness (QED) is 0.796. The van der Waals surface area contributed by atoms with Crippen molar-refractivity contribution in [1.82, 2.24) is 9.62 Å². The number of benzene rings is 1. The fourth-order valence-corrected chi connectivity index (χ4v) is 5.38. The lowest BCUT2D eigenvalue weighted by atomic mass is 9.86. The van der Waals surface area contributed by atoms with Crippen LogP contribution in [-0.4, -0.2) is 48.8 Å². The largest absolute Gasteiger partial charge is 0.481 e. The van der Waals surface area contributed by atoms with Crippen LogP contribution in [0.2, 0.25) is 0 Å². The van der Waals surface area contributed by atoms with Gasteiger partial charge in [0.05, 0.1) is 10.8 Å². The highest BCUT2D eigenvalue weighted by molar-refractivity contribution is 7.89. The van der Waals surface area contributed by atoms with E-state index in [2.05, 4.69) is 5.32 Å². The molecule has 1 heterocycles. The minimum atomic E-state index is -3.57. The molecule has 1 aliphatic heterocycles. The van der Waals surface area contributed by atoms with Crippen LogP contribution in [0, 0.1) is 12.8 Å². The minimum Gasteiger partial charge on any atom is -0.481 e. The van der Waals surface area contributed by atoms with Crippen molar-refractivity contribution in [2.75, 3.05) is 13.1 Å². The molecule has 2 aliphatic rings. The molecular formula is C19H26N2O5S. The summed E-state index contributed by atoms with van der Waals surface area (Å²) in [6.07, 6.45) is 4.04. The third-order valence-electron chi connectivity index (χ3n) is 5.57. The van der Waals surface area contributed by atoms with E-state index in [1.165, 1.54) is 10.4 Å². The van der Waals surface area contributed by atoms with E-state index in [0.717, 1.165) is 12.8 Å². The molecule has 0 radical (unpaired) electrons. The lowest BCUT2D eigenvalue weighted by Crippen LogP contribution is -2.39. The molecule has 1 aromatic rings. The van der Waals surface area contributed by atoms with Crippen molar-refractivity contribution < 1.29 is 23.1 Å². The molecule has 1 aliphatic carbocycles. The summed E-state index contributed by atoms with van der Waals surface area (Å²) in [6.45, 7) is 2.82. The number of carbonyl (C=O) groups excluding carboxylic acids is 1. The van der Waals surface area contributed by atoms with Gasteiger partial charge < -0.3 is 10.4 Å². The summed E-state index contributed by atoms with van der Waals surface area (Å²) in [5, 5.41) is 12.0. The van der Waals surface area contributed by atoms with Crippen LogP contribution in [0.4, 0.5) is 0 Å². The Morgan fingerprint density at radius 2 is 1.74 bits per heavy atom. The lowest BCUT2D eigenvalue weighted by Gasteiger charge is -2.27. The van der Waals surface area contributed by atoms with Gasteiger partial charge in [0.2, 0.25) is 10.0 Å². The number of nitrogens with zero attached hydrogens (tertiary/aromatic N) is 1. The van der Waals surface area contributed by atoms with E-state index in [1.54, 1.807) is 19.1 Å². The molecule has 0 atom stereocenters. The van der Waals surface area contributed by atoms with Crippen LogP contribution >= 0.6 is 0 Å². The zero-order valence-corrected chi connectivity index (χ0v) is 16.3. The molecule has 1 saturated carbocycles. The van der Waals surface area contributed by atoms with Gasteiger partial charge in [0.15, 0.2) is 0 Å². The molecule has 0 unspecified atom stereocenters. The van der Waals surface area contributed by atoms with Crippen molar-refractivity contribution in [2.24, 2.45) is 5.92 Å². The number of hydrogen-bond acceptors (Lipinski definition) is 4. The highest BCUT2D eigenvalue weighted by Crippen LogP contribution is 2.26. The smallest absolute Gasteiger partial charge is 0.306 e. The highest BCUT2D eigenvalue weighted by Gasteiger charge is 2.29. The summed E-state index contributed by atoms with van der Waals surface area (Å²) in [6, 6.07) is 4.60. The van der Waals surface area contributed by atoms with E-state index >= 15 is 0 Å². The summed E-state index contributed by atoms with van der Waals surface area (Å²) < 4.78 is 27.0. The standard InChI is InChI=1S/C19H26N2O5S/c1-13-4-9-16(27(25,26)21-10-2-3-11-21)12-17(13)18(22)20-15-7-5-14(6-8-15)19(23)24/h4,9,12,14-15H,2-3,5-8,10-11H2,1H3,(H,20,22)(H,23,24). The van der Waals surface area contributed by atoms with Gasteiger partial charge in [0.25, 0.3) is 5.91 Å². The lowest BCUT2D eigenvalue weighted by molar-refractivity contribution is -0.142. The SMILES string of the molecule is Cc1ccc(S(=O)(=O)N2CCCC2)cc1C(=O)NC1CCC(C(=O)O)CC1. The highest BCUT2D eigenvalue weighted by atomic mass is 32.2. The van der Waals surface area contributed by atoms with Crippen molar-refractivity contribution in [2.45, 2.75) is 56.4 Å².